The highest BCUT2D eigenvalue weighted by Gasteiger charge is 2.45. The highest BCUT2D eigenvalue weighted by molar-refractivity contribution is 5.98. The number of para-hydroxylation sites is 1. The van der Waals surface area contributed by atoms with Crippen LogP contribution in [0.1, 0.15) is 41.6 Å². The first-order valence-electron chi connectivity index (χ1n) is 14.1. The van der Waals surface area contributed by atoms with Gasteiger partial charge < -0.3 is 19.3 Å². The molecule has 202 valence electrons. The number of carbonyl (C=O) groups excluding carboxylic acids is 3. The van der Waals surface area contributed by atoms with Gasteiger partial charge in [-0.2, -0.15) is 0 Å². The minimum Gasteiger partial charge on any atom is -0.342 e. The van der Waals surface area contributed by atoms with Crippen LogP contribution in [0.5, 0.6) is 0 Å². The molecule has 3 aliphatic heterocycles. The Morgan fingerprint density at radius 1 is 0.821 bits per heavy atom. The molecule has 1 unspecified atom stereocenters. The summed E-state index contributed by atoms with van der Waals surface area (Å²) in [5.41, 5.74) is 2.90. The third kappa shape index (κ3) is 5.22. The van der Waals surface area contributed by atoms with Gasteiger partial charge in [-0.1, -0.05) is 42.5 Å². The van der Waals surface area contributed by atoms with Crippen LogP contribution in [0.3, 0.4) is 0 Å². The standard InChI is InChI=1S/C32H36N4O3/c37-29-22-26(23-35(29)18-12-25-8-2-1-3-9-25)30(38)36-21-15-32(24-36)13-19-34(20-14-32)31(39)27-10-4-5-11-28(27)33-16-6-7-17-33/h1-11,16-17,26H,12-15,18-24H2. The van der Waals surface area contributed by atoms with Crippen molar-refractivity contribution >= 4 is 17.7 Å². The van der Waals surface area contributed by atoms with E-state index >= 15 is 0 Å². The van der Waals surface area contributed by atoms with Gasteiger partial charge in [-0.15, -0.1) is 0 Å². The average molecular weight is 525 g/mol. The second-order valence-corrected chi connectivity index (χ2v) is 11.4. The third-order valence-electron chi connectivity index (χ3n) is 8.96. The number of likely N-dealkylation sites (tertiary alicyclic amines) is 3. The van der Waals surface area contributed by atoms with E-state index in [1.165, 1.54) is 5.56 Å². The van der Waals surface area contributed by atoms with E-state index in [-0.39, 0.29) is 29.1 Å². The molecular weight excluding hydrogens is 488 g/mol. The maximum Gasteiger partial charge on any atom is 0.255 e. The zero-order valence-corrected chi connectivity index (χ0v) is 22.4. The molecule has 0 aliphatic carbocycles. The normalized spacial score (nSPS) is 20.7. The molecule has 0 N–H and O–H groups in total. The van der Waals surface area contributed by atoms with E-state index in [4.69, 9.17) is 0 Å². The van der Waals surface area contributed by atoms with Crippen molar-refractivity contribution < 1.29 is 14.4 Å². The highest BCUT2D eigenvalue weighted by atomic mass is 16.2. The number of rotatable bonds is 6. The summed E-state index contributed by atoms with van der Waals surface area (Å²) in [6.07, 6.45) is 7.83. The van der Waals surface area contributed by atoms with E-state index in [0.29, 0.717) is 32.6 Å². The number of amides is 3. The Morgan fingerprint density at radius 3 is 2.23 bits per heavy atom. The van der Waals surface area contributed by atoms with Crippen molar-refractivity contribution in [2.45, 2.75) is 32.1 Å². The molecule has 0 radical (unpaired) electrons. The second kappa shape index (κ2) is 10.7. The van der Waals surface area contributed by atoms with Crippen LogP contribution in [0, 0.1) is 11.3 Å². The molecular formula is C32H36N4O3. The van der Waals surface area contributed by atoms with Gasteiger partial charge in [0.1, 0.15) is 0 Å². The van der Waals surface area contributed by atoms with E-state index in [1.807, 2.05) is 86.3 Å². The van der Waals surface area contributed by atoms with Gasteiger partial charge in [-0.05, 0) is 60.9 Å². The summed E-state index contributed by atoms with van der Waals surface area (Å²) in [4.78, 5) is 45.4. The highest BCUT2D eigenvalue weighted by Crippen LogP contribution is 2.41. The largest absolute Gasteiger partial charge is 0.342 e. The maximum atomic E-state index is 13.5. The molecule has 1 aromatic heterocycles. The quantitative estimate of drug-likeness (QED) is 0.489. The van der Waals surface area contributed by atoms with Crippen molar-refractivity contribution in [3.05, 3.63) is 90.3 Å². The van der Waals surface area contributed by atoms with Gasteiger partial charge in [0.25, 0.3) is 5.91 Å². The summed E-state index contributed by atoms with van der Waals surface area (Å²) < 4.78 is 1.98. The molecule has 39 heavy (non-hydrogen) atoms. The molecule has 0 bridgehead atoms. The van der Waals surface area contributed by atoms with Gasteiger partial charge in [0.2, 0.25) is 11.8 Å². The average Bonchev–Trinajstić information content (AvgIpc) is 3.73. The Bertz CT molecular complexity index is 1330. The molecule has 3 aliphatic rings. The first kappa shape index (κ1) is 25.4. The molecule has 0 saturated carbocycles. The predicted octanol–water partition coefficient (Wildman–Crippen LogP) is 4.02. The fraction of sp³-hybridized carbons (Fsp3) is 0.406. The van der Waals surface area contributed by atoms with Gasteiger partial charge >= 0.3 is 0 Å². The zero-order valence-electron chi connectivity index (χ0n) is 22.4. The maximum absolute atomic E-state index is 13.5. The van der Waals surface area contributed by atoms with Crippen molar-refractivity contribution in [1.82, 2.24) is 19.3 Å². The molecule has 3 amide bonds. The molecule has 7 heteroatoms. The minimum absolute atomic E-state index is 0.0696. The summed E-state index contributed by atoms with van der Waals surface area (Å²) in [6, 6.07) is 21.9. The van der Waals surface area contributed by atoms with Gasteiger partial charge in [-0.25, -0.2) is 0 Å². The van der Waals surface area contributed by atoms with Crippen molar-refractivity contribution in [2.24, 2.45) is 11.3 Å². The Hall–Kier alpha value is -3.87. The van der Waals surface area contributed by atoms with Crippen LogP contribution in [0.25, 0.3) is 5.69 Å². The van der Waals surface area contributed by atoms with Crippen molar-refractivity contribution in [2.75, 3.05) is 39.3 Å². The second-order valence-electron chi connectivity index (χ2n) is 11.4. The third-order valence-corrected chi connectivity index (χ3v) is 8.96. The summed E-state index contributed by atoms with van der Waals surface area (Å²) in [7, 11) is 0. The lowest BCUT2D eigenvalue weighted by molar-refractivity contribution is -0.135. The molecule has 2 aromatic carbocycles. The van der Waals surface area contributed by atoms with Crippen LogP contribution in [-0.2, 0) is 16.0 Å². The van der Waals surface area contributed by atoms with Crippen LogP contribution in [0.15, 0.2) is 79.1 Å². The SMILES string of the molecule is O=C1CC(C(=O)N2CCC3(CCN(C(=O)c4ccccc4-n4cccc4)CC3)C2)CN1CCc1ccccc1. The Labute approximate surface area is 230 Å². The summed E-state index contributed by atoms with van der Waals surface area (Å²) in [6.45, 7) is 4.08. The van der Waals surface area contributed by atoms with Crippen LogP contribution in [-0.4, -0.2) is 76.3 Å². The fourth-order valence-corrected chi connectivity index (χ4v) is 6.58. The molecule has 3 fully saturated rings. The monoisotopic (exact) mass is 524 g/mol. The zero-order chi connectivity index (χ0) is 26.8. The lowest BCUT2D eigenvalue weighted by Gasteiger charge is -2.39. The van der Waals surface area contributed by atoms with E-state index in [9.17, 15) is 14.4 Å². The lowest BCUT2D eigenvalue weighted by atomic mass is 9.77. The minimum atomic E-state index is -0.240. The number of carbonyl (C=O) groups is 3. The number of benzene rings is 2. The molecule has 1 atom stereocenters. The first-order valence-corrected chi connectivity index (χ1v) is 14.1. The predicted molar refractivity (Wildman–Crippen MR) is 149 cm³/mol. The molecule has 3 saturated heterocycles. The Morgan fingerprint density at radius 2 is 1.49 bits per heavy atom. The van der Waals surface area contributed by atoms with Crippen molar-refractivity contribution in [3.8, 4) is 5.69 Å². The van der Waals surface area contributed by atoms with E-state index in [1.54, 1.807) is 0 Å². The molecule has 4 heterocycles. The smallest absolute Gasteiger partial charge is 0.255 e. The number of hydrogen-bond acceptors (Lipinski definition) is 3. The van der Waals surface area contributed by atoms with Gasteiger partial charge in [-0.3, -0.25) is 14.4 Å². The van der Waals surface area contributed by atoms with Crippen LogP contribution in [0.2, 0.25) is 0 Å². The van der Waals surface area contributed by atoms with Crippen molar-refractivity contribution in [3.63, 3.8) is 0 Å². The lowest BCUT2D eigenvalue weighted by Crippen LogP contribution is -2.45. The number of piperidine rings is 1. The van der Waals surface area contributed by atoms with E-state index in [0.717, 1.165) is 50.0 Å². The molecule has 1 spiro atoms. The number of aromatic nitrogens is 1. The summed E-state index contributed by atoms with van der Waals surface area (Å²) in [5.74, 6) is 0.0437. The summed E-state index contributed by atoms with van der Waals surface area (Å²) >= 11 is 0. The van der Waals surface area contributed by atoms with Crippen LogP contribution >= 0.6 is 0 Å². The number of nitrogens with zero attached hydrogens (tertiary/aromatic N) is 4. The van der Waals surface area contributed by atoms with E-state index in [2.05, 4.69) is 12.1 Å². The molecule has 7 nitrogen and oxygen atoms in total. The van der Waals surface area contributed by atoms with Gasteiger partial charge in [0, 0.05) is 58.1 Å². The molecule has 3 aromatic rings. The van der Waals surface area contributed by atoms with Gasteiger partial charge in [0.15, 0.2) is 0 Å². The Balaban J connectivity index is 1.03. The first-order chi connectivity index (χ1) is 19.0. The van der Waals surface area contributed by atoms with Gasteiger partial charge in [0.05, 0.1) is 17.2 Å². The fourth-order valence-electron chi connectivity index (χ4n) is 6.58. The topological polar surface area (TPSA) is 65.9 Å². The summed E-state index contributed by atoms with van der Waals surface area (Å²) in [5, 5.41) is 0. The van der Waals surface area contributed by atoms with Crippen LogP contribution < -0.4 is 0 Å². The number of hydrogen-bond donors (Lipinski definition) is 0. The Kier molecular flexibility index (Phi) is 6.98. The van der Waals surface area contributed by atoms with Crippen LogP contribution in [0.4, 0.5) is 0 Å². The van der Waals surface area contributed by atoms with Crippen molar-refractivity contribution in [1.29, 1.82) is 0 Å². The molecule has 6 rings (SSSR count). The van der Waals surface area contributed by atoms with E-state index < -0.39 is 0 Å².